The van der Waals surface area contributed by atoms with E-state index < -0.39 is 0 Å². The molecule has 0 spiro atoms. The predicted octanol–water partition coefficient (Wildman–Crippen LogP) is 1.94. The number of aliphatic hydroxyl groups is 4. The molecule has 114 valence electrons. The zero-order valence-corrected chi connectivity index (χ0v) is 14.2. The van der Waals surface area contributed by atoms with Crippen molar-refractivity contribution in [3.63, 3.8) is 0 Å². The van der Waals surface area contributed by atoms with Crippen molar-refractivity contribution >= 4 is 0 Å². The first-order valence-electron chi connectivity index (χ1n) is 6.52. The van der Waals surface area contributed by atoms with Crippen molar-refractivity contribution in [3.8, 4) is 0 Å². The number of aliphatic hydroxyl groups excluding tert-OH is 4. The summed E-state index contributed by atoms with van der Waals surface area (Å²) >= 11 is 0. The molecule has 0 saturated carbocycles. The molecular weight excluding hydrogens is 268 g/mol. The Morgan fingerprint density at radius 1 is 0.556 bits per heavy atom. The SMILES string of the molecule is CCCCO.CCCCO.CCCCO.CO.[Ti]. The molecule has 18 heavy (non-hydrogen) atoms. The summed E-state index contributed by atoms with van der Waals surface area (Å²) in [4.78, 5) is 0. The fraction of sp³-hybridized carbons (Fsp3) is 1.00. The quantitative estimate of drug-likeness (QED) is 0.565. The van der Waals surface area contributed by atoms with Crippen molar-refractivity contribution < 1.29 is 42.1 Å². The second-order valence-electron chi connectivity index (χ2n) is 3.23. The number of hydrogen-bond acceptors (Lipinski definition) is 4. The number of hydrogen-bond donors (Lipinski definition) is 4. The molecule has 0 fully saturated rings. The summed E-state index contributed by atoms with van der Waals surface area (Å²) in [7, 11) is 1.00. The first-order chi connectivity index (χ1) is 8.24. The van der Waals surface area contributed by atoms with Crippen molar-refractivity contribution in [2.75, 3.05) is 26.9 Å². The number of unbranched alkanes of at least 4 members (excludes halogenated alkanes) is 3. The maximum absolute atomic E-state index is 8.07. The zero-order chi connectivity index (χ0) is 14.4. The molecule has 4 N–H and O–H groups in total. The van der Waals surface area contributed by atoms with Gasteiger partial charge in [0, 0.05) is 48.6 Å². The van der Waals surface area contributed by atoms with E-state index in [2.05, 4.69) is 20.8 Å². The summed E-state index contributed by atoms with van der Waals surface area (Å²) < 4.78 is 0. The van der Waals surface area contributed by atoms with Gasteiger partial charge < -0.3 is 20.4 Å². The summed E-state index contributed by atoms with van der Waals surface area (Å²) in [5, 5.41) is 31.2. The first kappa shape index (κ1) is 31.1. The summed E-state index contributed by atoms with van der Waals surface area (Å²) in [5.74, 6) is 0. The van der Waals surface area contributed by atoms with Gasteiger partial charge in [0.2, 0.25) is 0 Å². The molecule has 0 radical (unpaired) electrons. The summed E-state index contributed by atoms with van der Waals surface area (Å²) in [6.45, 7) is 7.19. The Kier molecular flexibility index (Phi) is 91.1. The predicted molar refractivity (Wildman–Crippen MR) is 74.1 cm³/mol. The van der Waals surface area contributed by atoms with Crippen LogP contribution in [0.5, 0.6) is 0 Å². The van der Waals surface area contributed by atoms with Gasteiger partial charge in [-0.3, -0.25) is 0 Å². The molecule has 0 atom stereocenters. The van der Waals surface area contributed by atoms with Crippen LogP contribution in [0, 0.1) is 0 Å². The topological polar surface area (TPSA) is 80.9 Å². The Bertz CT molecular complexity index is 55.7. The maximum atomic E-state index is 8.07. The van der Waals surface area contributed by atoms with Crippen LogP contribution in [0.1, 0.15) is 59.3 Å². The van der Waals surface area contributed by atoms with Gasteiger partial charge in [-0.25, -0.2) is 0 Å². The van der Waals surface area contributed by atoms with Gasteiger partial charge >= 0.3 is 0 Å². The van der Waals surface area contributed by atoms with Gasteiger partial charge in [-0.1, -0.05) is 40.0 Å². The molecular formula is C13H34O4Ti. The molecule has 0 aliphatic carbocycles. The minimum absolute atomic E-state index is 0. The van der Waals surface area contributed by atoms with Gasteiger partial charge in [0.05, 0.1) is 0 Å². The molecule has 0 bridgehead atoms. The largest absolute Gasteiger partial charge is 0.400 e. The Labute approximate surface area is 128 Å². The van der Waals surface area contributed by atoms with Crippen molar-refractivity contribution in [2.24, 2.45) is 0 Å². The molecule has 0 aromatic heterocycles. The summed E-state index contributed by atoms with van der Waals surface area (Å²) in [5.41, 5.74) is 0. The molecule has 5 heteroatoms. The van der Waals surface area contributed by atoms with Crippen molar-refractivity contribution in [3.05, 3.63) is 0 Å². The molecule has 0 rings (SSSR count). The Morgan fingerprint density at radius 3 is 0.722 bits per heavy atom. The third-order valence-corrected chi connectivity index (χ3v) is 1.54. The molecule has 0 unspecified atom stereocenters. The minimum atomic E-state index is 0. The molecule has 0 aromatic carbocycles. The summed E-state index contributed by atoms with van der Waals surface area (Å²) in [6, 6.07) is 0. The van der Waals surface area contributed by atoms with Crippen LogP contribution in [0.4, 0.5) is 0 Å². The number of rotatable bonds is 6. The van der Waals surface area contributed by atoms with E-state index in [1.54, 1.807) is 0 Å². The van der Waals surface area contributed by atoms with E-state index in [9.17, 15) is 0 Å². The van der Waals surface area contributed by atoms with Crippen LogP contribution in [0.25, 0.3) is 0 Å². The van der Waals surface area contributed by atoms with Crippen LogP contribution in [0.15, 0.2) is 0 Å². The average molecular weight is 302 g/mol. The Morgan fingerprint density at radius 2 is 0.722 bits per heavy atom. The normalized spacial score (nSPS) is 7.33. The monoisotopic (exact) mass is 302 g/mol. The smallest absolute Gasteiger partial charge is 0.0430 e. The Hall–Kier alpha value is 0.554. The van der Waals surface area contributed by atoms with Gasteiger partial charge in [0.25, 0.3) is 0 Å². The average Bonchev–Trinajstić information content (AvgIpc) is 2.36. The first-order valence-corrected chi connectivity index (χ1v) is 6.52. The van der Waals surface area contributed by atoms with Crippen LogP contribution < -0.4 is 0 Å². The molecule has 0 amide bonds. The molecule has 0 saturated heterocycles. The molecule has 0 aliphatic heterocycles. The third-order valence-electron chi connectivity index (χ3n) is 1.54. The van der Waals surface area contributed by atoms with Crippen LogP contribution in [-0.2, 0) is 21.7 Å². The van der Waals surface area contributed by atoms with Crippen molar-refractivity contribution in [1.82, 2.24) is 0 Å². The van der Waals surface area contributed by atoms with Gasteiger partial charge in [0.1, 0.15) is 0 Å². The van der Waals surface area contributed by atoms with E-state index in [0.717, 1.165) is 45.6 Å². The van der Waals surface area contributed by atoms with Crippen LogP contribution in [-0.4, -0.2) is 47.4 Å². The van der Waals surface area contributed by atoms with Gasteiger partial charge in [0.15, 0.2) is 0 Å². The molecule has 0 aliphatic rings. The van der Waals surface area contributed by atoms with E-state index in [0.29, 0.717) is 19.8 Å². The van der Waals surface area contributed by atoms with Crippen LogP contribution in [0.2, 0.25) is 0 Å². The molecule has 0 aromatic rings. The molecule has 4 nitrogen and oxygen atoms in total. The zero-order valence-electron chi connectivity index (χ0n) is 12.7. The van der Waals surface area contributed by atoms with Gasteiger partial charge in [-0.05, 0) is 19.3 Å². The van der Waals surface area contributed by atoms with E-state index >= 15 is 0 Å². The Balaban J connectivity index is -0.0000000427. The third kappa shape index (κ3) is 93.2. The van der Waals surface area contributed by atoms with Crippen molar-refractivity contribution in [2.45, 2.75) is 59.3 Å². The van der Waals surface area contributed by atoms with Crippen molar-refractivity contribution in [1.29, 1.82) is 0 Å². The summed E-state index contributed by atoms with van der Waals surface area (Å²) in [6.07, 6.45) is 6.11. The maximum Gasteiger partial charge on any atom is 0.0430 e. The minimum Gasteiger partial charge on any atom is -0.400 e. The fourth-order valence-electron chi connectivity index (χ4n) is 0.474. The second-order valence-corrected chi connectivity index (χ2v) is 3.23. The van der Waals surface area contributed by atoms with Crippen LogP contribution in [0.3, 0.4) is 0 Å². The standard InChI is InChI=1S/3C4H10O.CH4O.Ti/c3*1-2-3-4-5;1-2;/h3*5H,2-4H2,1H3;2H,1H3;. The van der Waals surface area contributed by atoms with Crippen LogP contribution >= 0.6 is 0 Å². The van der Waals surface area contributed by atoms with Gasteiger partial charge in [-0.15, -0.1) is 0 Å². The fourth-order valence-corrected chi connectivity index (χ4v) is 0.474. The van der Waals surface area contributed by atoms with E-state index in [1.807, 2.05) is 0 Å². The van der Waals surface area contributed by atoms with E-state index in [4.69, 9.17) is 20.4 Å². The van der Waals surface area contributed by atoms with E-state index in [1.165, 1.54) is 0 Å². The van der Waals surface area contributed by atoms with E-state index in [-0.39, 0.29) is 21.7 Å². The second kappa shape index (κ2) is 52.7. The molecule has 0 heterocycles. The van der Waals surface area contributed by atoms with Gasteiger partial charge in [-0.2, -0.15) is 0 Å².